The maximum absolute atomic E-state index is 12.2. The fourth-order valence-corrected chi connectivity index (χ4v) is 4.71. The Morgan fingerprint density at radius 3 is 2.44 bits per heavy atom. The van der Waals surface area contributed by atoms with Crippen LogP contribution in [0.25, 0.3) is 16.0 Å². The molecule has 10 nitrogen and oxygen atoms in total. The quantitative estimate of drug-likeness (QED) is 0.210. The first-order valence-corrected chi connectivity index (χ1v) is 12.6. The fourth-order valence-electron chi connectivity index (χ4n) is 3.50. The van der Waals surface area contributed by atoms with Crippen LogP contribution in [0.2, 0.25) is 5.02 Å². The highest BCUT2D eigenvalue weighted by molar-refractivity contribution is 7.16. The molecule has 0 spiro atoms. The number of aromatic nitrogens is 2. The van der Waals surface area contributed by atoms with E-state index in [0.717, 1.165) is 29.1 Å². The maximum Gasteiger partial charge on any atom is 0.320 e. The predicted molar refractivity (Wildman–Crippen MR) is 152 cm³/mol. The van der Waals surface area contributed by atoms with Crippen molar-refractivity contribution >= 4 is 51.8 Å². The molecule has 2 aromatic carbocycles. The third-order valence-corrected chi connectivity index (χ3v) is 6.86. The molecule has 0 saturated carbocycles. The number of nitrogens with zero attached hydrogens (tertiary/aromatic N) is 2. The molecule has 4 rings (SSSR count). The number of nitrogens with two attached hydrogens (primary N) is 1. The summed E-state index contributed by atoms with van der Waals surface area (Å²) in [4.78, 5) is 37.0. The molecule has 2 aromatic heterocycles. The fraction of sp³-hybridized carbons (Fsp3) is 0.259. The van der Waals surface area contributed by atoms with E-state index < -0.39 is 30.0 Å². The number of imidazole rings is 1. The lowest BCUT2D eigenvalue weighted by atomic mass is 10.1. The normalized spacial score (nSPS) is 12.0. The van der Waals surface area contributed by atoms with Crippen LogP contribution in [0.4, 0.5) is 0 Å². The van der Waals surface area contributed by atoms with E-state index in [1.807, 2.05) is 47.9 Å². The van der Waals surface area contributed by atoms with Crippen molar-refractivity contribution in [1.82, 2.24) is 14.9 Å². The first-order valence-electron chi connectivity index (χ1n) is 11.4. The van der Waals surface area contributed by atoms with Gasteiger partial charge in [0.1, 0.15) is 34.1 Å². The summed E-state index contributed by atoms with van der Waals surface area (Å²) >= 11 is 7.50. The summed E-state index contributed by atoms with van der Waals surface area (Å²) in [5, 5.41) is 20.7. The van der Waals surface area contributed by atoms with E-state index in [9.17, 15) is 9.59 Å². The van der Waals surface area contributed by atoms with Crippen molar-refractivity contribution in [3.8, 4) is 10.8 Å². The number of halogens is 1. The third-order valence-electron chi connectivity index (χ3n) is 5.39. The first kappa shape index (κ1) is 31.3. The lowest BCUT2D eigenvalue weighted by Gasteiger charge is -2.16. The minimum absolute atomic E-state index is 0. The first-order chi connectivity index (χ1) is 18.0. The monoisotopic (exact) mass is 574 g/mol. The number of primary amides is 1. The Balaban J connectivity index is 0.000000998. The van der Waals surface area contributed by atoms with Gasteiger partial charge >= 0.3 is 5.97 Å². The van der Waals surface area contributed by atoms with Crippen LogP contribution in [-0.2, 0) is 16.1 Å². The number of ether oxygens (including phenoxy) is 1. The highest BCUT2D eigenvalue weighted by Gasteiger charge is 2.21. The minimum atomic E-state index is -0.915. The second-order valence-corrected chi connectivity index (χ2v) is 9.76. The van der Waals surface area contributed by atoms with Crippen molar-refractivity contribution in [3.05, 3.63) is 75.9 Å². The molecule has 0 saturated heterocycles. The molecule has 0 aliphatic heterocycles. The number of hydrogen-bond acceptors (Lipinski definition) is 7. The van der Waals surface area contributed by atoms with Gasteiger partial charge in [0, 0.05) is 30.1 Å². The SMILES string of the molecule is C.CC(=O)O.C[C@H](NCc1ccc2ncn(-c3cc(O[C@H](C)c4ccccc4Cl)c(C(N)=O)s3)c2c1)C(=O)O. The van der Waals surface area contributed by atoms with Gasteiger partial charge in [-0.15, -0.1) is 11.3 Å². The Morgan fingerprint density at radius 1 is 1.15 bits per heavy atom. The van der Waals surface area contributed by atoms with Crippen LogP contribution >= 0.6 is 22.9 Å². The van der Waals surface area contributed by atoms with Crippen molar-refractivity contribution in [2.75, 3.05) is 0 Å². The molecule has 0 aliphatic rings. The molecule has 0 fully saturated rings. The average molecular weight is 575 g/mol. The van der Waals surface area contributed by atoms with E-state index in [1.54, 1.807) is 25.4 Å². The molecule has 5 N–H and O–H groups in total. The number of carbonyl (C=O) groups is 3. The number of carboxylic acids is 2. The highest BCUT2D eigenvalue weighted by Crippen LogP contribution is 2.37. The molecule has 12 heteroatoms. The molecule has 0 bridgehead atoms. The molecule has 39 heavy (non-hydrogen) atoms. The van der Waals surface area contributed by atoms with E-state index in [2.05, 4.69) is 10.3 Å². The van der Waals surface area contributed by atoms with Gasteiger partial charge in [-0.25, -0.2) is 4.98 Å². The largest absolute Gasteiger partial charge is 0.484 e. The van der Waals surface area contributed by atoms with E-state index in [4.69, 9.17) is 37.1 Å². The van der Waals surface area contributed by atoms with Crippen LogP contribution in [-0.4, -0.2) is 43.7 Å². The van der Waals surface area contributed by atoms with Crippen molar-refractivity contribution in [3.63, 3.8) is 0 Å². The summed E-state index contributed by atoms with van der Waals surface area (Å²) in [6.07, 6.45) is 1.27. The minimum Gasteiger partial charge on any atom is -0.484 e. The molecule has 1 amide bonds. The highest BCUT2D eigenvalue weighted by atomic mass is 35.5. The van der Waals surface area contributed by atoms with Gasteiger partial charge in [0.25, 0.3) is 11.9 Å². The van der Waals surface area contributed by atoms with Gasteiger partial charge in [-0.05, 0) is 37.6 Å². The topological polar surface area (TPSA) is 157 Å². The number of fused-ring (bicyclic) bond motifs is 1. The lowest BCUT2D eigenvalue weighted by molar-refractivity contribution is -0.139. The van der Waals surface area contributed by atoms with E-state index in [1.165, 1.54) is 11.3 Å². The maximum atomic E-state index is 12.2. The number of aliphatic carboxylic acids is 2. The summed E-state index contributed by atoms with van der Waals surface area (Å²) in [5.41, 5.74) is 8.91. The van der Waals surface area contributed by atoms with Crippen molar-refractivity contribution in [1.29, 1.82) is 0 Å². The van der Waals surface area contributed by atoms with Crippen molar-refractivity contribution in [2.24, 2.45) is 5.73 Å². The van der Waals surface area contributed by atoms with Gasteiger partial charge < -0.3 is 26.0 Å². The Kier molecular flexibility index (Phi) is 11.0. The van der Waals surface area contributed by atoms with Crippen molar-refractivity contribution in [2.45, 2.75) is 46.9 Å². The number of nitrogens with one attached hydrogen (secondary N) is 1. The number of amides is 1. The summed E-state index contributed by atoms with van der Waals surface area (Å²) in [7, 11) is 0. The van der Waals surface area contributed by atoms with Crippen LogP contribution in [0.3, 0.4) is 0 Å². The van der Waals surface area contributed by atoms with Gasteiger partial charge in [0.15, 0.2) is 0 Å². The van der Waals surface area contributed by atoms with Crippen molar-refractivity contribution < 1.29 is 29.3 Å². The second kappa shape index (κ2) is 13.7. The number of thiophene rings is 1. The number of carboxylic acid groups (broad SMARTS) is 2. The third kappa shape index (κ3) is 8.03. The smallest absolute Gasteiger partial charge is 0.320 e. The van der Waals surface area contributed by atoms with Gasteiger partial charge in [-0.3, -0.25) is 19.0 Å². The van der Waals surface area contributed by atoms with Gasteiger partial charge in [-0.1, -0.05) is 43.3 Å². The molecule has 0 aliphatic carbocycles. The number of benzene rings is 2. The predicted octanol–water partition coefficient (Wildman–Crippen LogP) is 5.27. The molecule has 0 unspecified atom stereocenters. The molecule has 2 atom stereocenters. The molecule has 208 valence electrons. The molecule has 0 radical (unpaired) electrons. The number of hydrogen-bond donors (Lipinski definition) is 4. The van der Waals surface area contributed by atoms with Gasteiger partial charge in [0.05, 0.1) is 11.0 Å². The van der Waals surface area contributed by atoms with E-state index in [0.29, 0.717) is 27.2 Å². The number of carbonyl (C=O) groups excluding carboxylic acids is 1. The zero-order chi connectivity index (χ0) is 28.0. The van der Waals surface area contributed by atoms with Crippen LogP contribution < -0.4 is 15.8 Å². The Morgan fingerprint density at radius 2 is 1.82 bits per heavy atom. The second-order valence-electron chi connectivity index (χ2n) is 8.32. The van der Waals surface area contributed by atoms with E-state index in [-0.39, 0.29) is 7.43 Å². The van der Waals surface area contributed by atoms with Gasteiger partial charge in [0.2, 0.25) is 0 Å². The van der Waals surface area contributed by atoms with Crippen LogP contribution in [0.5, 0.6) is 5.75 Å². The van der Waals surface area contributed by atoms with Crippen LogP contribution in [0, 0.1) is 0 Å². The number of rotatable bonds is 9. The Hall–Kier alpha value is -3.93. The molecule has 2 heterocycles. The molecular weight excluding hydrogens is 544 g/mol. The van der Waals surface area contributed by atoms with E-state index >= 15 is 0 Å². The van der Waals surface area contributed by atoms with Crippen LogP contribution in [0.15, 0.2) is 54.9 Å². The molecular formula is C27H31ClN4O6S. The standard InChI is InChI=1S/C24H23ClN4O4S.C2H4O2.CH4/c1-13(24(31)32)27-11-15-7-8-18-19(9-15)29(12-28-18)21-10-20(22(34-21)23(26)30)33-14(2)16-5-3-4-6-17(16)25;1-2(3)4;/h3-10,12-14,27H,11H2,1-2H3,(H2,26,30)(H,31,32);1H3,(H,3,4);1H4/t13-,14+;;/m0../s1. The lowest BCUT2D eigenvalue weighted by Crippen LogP contribution is -2.33. The summed E-state index contributed by atoms with van der Waals surface area (Å²) < 4.78 is 7.95. The zero-order valence-electron chi connectivity index (χ0n) is 20.8. The summed E-state index contributed by atoms with van der Waals surface area (Å²) in [6, 6.07) is 14.1. The zero-order valence-corrected chi connectivity index (χ0v) is 22.4. The average Bonchev–Trinajstić information content (AvgIpc) is 3.46. The van der Waals surface area contributed by atoms with Gasteiger partial charge in [-0.2, -0.15) is 0 Å². The Bertz CT molecular complexity index is 1460. The molecule has 4 aromatic rings. The Labute approximate surface area is 235 Å². The van der Waals surface area contributed by atoms with Crippen LogP contribution in [0.1, 0.15) is 55.1 Å². The summed E-state index contributed by atoms with van der Waals surface area (Å²) in [5.74, 6) is -1.97. The summed E-state index contributed by atoms with van der Waals surface area (Å²) in [6.45, 7) is 4.91.